The van der Waals surface area contributed by atoms with E-state index < -0.39 is 6.10 Å². The van der Waals surface area contributed by atoms with Crippen LogP contribution < -0.4 is 9.80 Å². The summed E-state index contributed by atoms with van der Waals surface area (Å²) in [4.78, 5) is 26.7. The molecule has 6 heteroatoms. The summed E-state index contributed by atoms with van der Waals surface area (Å²) >= 11 is 0. The average Bonchev–Trinajstić information content (AvgIpc) is 3.17. The van der Waals surface area contributed by atoms with Crippen molar-refractivity contribution in [1.29, 1.82) is 0 Å². The van der Waals surface area contributed by atoms with Gasteiger partial charge in [0.25, 0.3) is 5.91 Å². The molecule has 0 aliphatic carbocycles. The highest BCUT2D eigenvalue weighted by Crippen LogP contribution is 2.29. The number of benzene rings is 2. The van der Waals surface area contributed by atoms with E-state index in [1.807, 2.05) is 54.3 Å². The van der Waals surface area contributed by atoms with Crippen molar-refractivity contribution >= 4 is 28.4 Å². The molecule has 3 heterocycles. The number of fused-ring (bicyclic) bond motifs is 2. The van der Waals surface area contributed by atoms with Gasteiger partial charge in [-0.15, -0.1) is 0 Å². The molecule has 1 amide bonds. The van der Waals surface area contributed by atoms with E-state index in [1.165, 1.54) is 5.56 Å². The van der Waals surface area contributed by atoms with E-state index in [9.17, 15) is 4.79 Å². The van der Waals surface area contributed by atoms with Crippen LogP contribution in [0.2, 0.25) is 0 Å². The average molecular weight is 374 g/mol. The predicted molar refractivity (Wildman–Crippen MR) is 109 cm³/mol. The molecule has 1 atom stereocenters. The van der Waals surface area contributed by atoms with Crippen LogP contribution in [-0.4, -0.2) is 48.2 Å². The van der Waals surface area contributed by atoms with Gasteiger partial charge in [-0.05, 0) is 37.1 Å². The van der Waals surface area contributed by atoms with Crippen LogP contribution in [0.25, 0.3) is 11.0 Å². The van der Waals surface area contributed by atoms with Crippen LogP contribution >= 0.6 is 0 Å². The Morgan fingerprint density at radius 3 is 2.64 bits per heavy atom. The molecule has 2 aliphatic heterocycles. The number of carbonyl (C=O) groups excluding carboxylic acids is 1. The number of para-hydroxylation sites is 3. The van der Waals surface area contributed by atoms with Gasteiger partial charge in [0.1, 0.15) is 0 Å². The Bertz CT molecular complexity index is 1050. The van der Waals surface area contributed by atoms with Gasteiger partial charge in [0.15, 0.2) is 11.9 Å². The summed E-state index contributed by atoms with van der Waals surface area (Å²) in [5.74, 6) is 0.864. The van der Waals surface area contributed by atoms with Gasteiger partial charge in [0.2, 0.25) is 0 Å². The number of nitrogens with zero attached hydrogens (tertiary/aromatic N) is 4. The number of carbonyl (C=O) groups is 1. The molecule has 28 heavy (non-hydrogen) atoms. The lowest BCUT2D eigenvalue weighted by molar-refractivity contribution is -0.130. The van der Waals surface area contributed by atoms with Gasteiger partial charge in [-0.25, -0.2) is 9.97 Å². The number of aromatic nitrogens is 2. The Balaban J connectivity index is 1.40. The minimum Gasteiger partial charge on any atom is -0.365 e. The summed E-state index contributed by atoms with van der Waals surface area (Å²) < 4.78 is 5.87. The standard InChI is InChI=1S/C22H22N4O2/c1-15-21(24-18-8-4-3-7-17(18)23-15)25-12-13-28-20(14-25)22(27)26-11-10-16-6-2-5-9-19(16)26/h2-9,20H,10-14H2,1H3. The fraction of sp³-hybridized carbons (Fsp3) is 0.318. The van der Waals surface area contributed by atoms with E-state index >= 15 is 0 Å². The number of ether oxygens (including phenoxy) is 1. The van der Waals surface area contributed by atoms with Crippen molar-refractivity contribution in [2.45, 2.75) is 19.4 Å². The number of anilines is 2. The third kappa shape index (κ3) is 2.90. The summed E-state index contributed by atoms with van der Waals surface area (Å²) in [6.45, 7) is 4.38. The molecule has 142 valence electrons. The first kappa shape index (κ1) is 17.1. The van der Waals surface area contributed by atoms with E-state index in [2.05, 4.69) is 16.0 Å². The maximum atomic E-state index is 13.2. The molecule has 1 unspecified atom stereocenters. The molecule has 0 N–H and O–H groups in total. The normalized spacial score (nSPS) is 19.1. The van der Waals surface area contributed by atoms with Crippen molar-refractivity contribution in [1.82, 2.24) is 9.97 Å². The topological polar surface area (TPSA) is 58.6 Å². The summed E-state index contributed by atoms with van der Waals surface area (Å²) in [7, 11) is 0. The number of amides is 1. The molecule has 1 saturated heterocycles. The number of hydrogen-bond donors (Lipinski definition) is 0. The van der Waals surface area contributed by atoms with Crippen molar-refractivity contribution in [3.8, 4) is 0 Å². The van der Waals surface area contributed by atoms with Crippen LogP contribution in [0.4, 0.5) is 11.5 Å². The molecule has 5 rings (SSSR count). The molecule has 2 aliphatic rings. The molecule has 0 bridgehead atoms. The van der Waals surface area contributed by atoms with Gasteiger partial charge in [0.05, 0.1) is 29.9 Å². The fourth-order valence-corrected chi connectivity index (χ4v) is 4.11. The molecule has 0 radical (unpaired) electrons. The molecule has 0 spiro atoms. The number of rotatable bonds is 2. The van der Waals surface area contributed by atoms with E-state index in [0.717, 1.165) is 34.7 Å². The molecule has 6 nitrogen and oxygen atoms in total. The Kier molecular flexibility index (Phi) is 4.20. The lowest BCUT2D eigenvalue weighted by atomic mass is 10.1. The highest BCUT2D eigenvalue weighted by molar-refractivity contribution is 5.99. The van der Waals surface area contributed by atoms with Gasteiger partial charge in [-0.3, -0.25) is 4.79 Å². The van der Waals surface area contributed by atoms with Gasteiger partial charge in [0, 0.05) is 18.8 Å². The van der Waals surface area contributed by atoms with E-state index in [0.29, 0.717) is 26.2 Å². The second-order valence-electron chi connectivity index (χ2n) is 7.30. The minimum atomic E-state index is -0.493. The summed E-state index contributed by atoms with van der Waals surface area (Å²) in [5, 5.41) is 0. The van der Waals surface area contributed by atoms with Crippen molar-refractivity contribution in [3.63, 3.8) is 0 Å². The lowest BCUT2D eigenvalue weighted by Gasteiger charge is -2.35. The lowest BCUT2D eigenvalue weighted by Crippen LogP contribution is -2.51. The van der Waals surface area contributed by atoms with Crippen molar-refractivity contribution < 1.29 is 9.53 Å². The molecule has 1 aromatic heterocycles. The van der Waals surface area contributed by atoms with Crippen molar-refractivity contribution in [2.24, 2.45) is 0 Å². The summed E-state index contributed by atoms with van der Waals surface area (Å²) in [6.07, 6.45) is 0.403. The second kappa shape index (κ2) is 6.87. The fourth-order valence-electron chi connectivity index (χ4n) is 4.11. The zero-order valence-corrected chi connectivity index (χ0v) is 15.8. The van der Waals surface area contributed by atoms with Crippen LogP contribution in [0.15, 0.2) is 48.5 Å². The molecule has 3 aromatic rings. The Morgan fingerprint density at radius 1 is 1.04 bits per heavy atom. The van der Waals surface area contributed by atoms with Gasteiger partial charge < -0.3 is 14.5 Å². The monoisotopic (exact) mass is 374 g/mol. The molecule has 2 aromatic carbocycles. The number of hydrogen-bond acceptors (Lipinski definition) is 5. The maximum absolute atomic E-state index is 13.2. The maximum Gasteiger partial charge on any atom is 0.257 e. The number of morpholine rings is 1. The predicted octanol–water partition coefficient (Wildman–Crippen LogP) is 2.73. The van der Waals surface area contributed by atoms with Crippen LogP contribution in [0, 0.1) is 6.92 Å². The van der Waals surface area contributed by atoms with Gasteiger partial charge in [-0.2, -0.15) is 0 Å². The van der Waals surface area contributed by atoms with Crippen LogP contribution in [0.1, 0.15) is 11.3 Å². The Labute approximate surface area is 163 Å². The Hall–Kier alpha value is -2.99. The summed E-state index contributed by atoms with van der Waals surface area (Å²) in [5.41, 5.74) is 4.86. The second-order valence-corrected chi connectivity index (χ2v) is 7.30. The quantitative estimate of drug-likeness (QED) is 0.690. The molecule has 0 saturated carbocycles. The van der Waals surface area contributed by atoms with Gasteiger partial charge in [-0.1, -0.05) is 30.3 Å². The first-order chi connectivity index (χ1) is 13.7. The first-order valence-electron chi connectivity index (χ1n) is 9.70. The zero-order valence-electron chi connectivity index (χ0n) is 15.8. The highest BCUT2D eigenvalue weighted by atomic mass is 16.5. The highest BCUT2D eigenvalue weighted by Gasteiger charge is 2.34. The number of aryl methyl sites for hydroxylation is 1. The van der Waals surface area contributed by atoms with Crippen LogP contribution in [-0.2, 0) is 16.0 Å². The third-order valence-corrected chi connectivity index (χ3v) is 5.51. The SMILES string of the molecule is Cc1nc2ccccc2nc1N1CCOC(C(=O)N2CCc3ccccc32)C1. The van der Waals surface area contributed by atoms with E-state index in [-0.39, 0.29) is 5.91 Å². The van der Waals surface area contributed by atoms with Gasteiger partial charge >= 0.3 is 0 Å². The minimum absolute atomic E-state index is 0.0288. The molecule has 1 fully saturated rings. The Morgan fingerprint density at radius 2 is 1.79 bits per heavy atom. The molecular formula is C22H22N4O2. The van der Waals surface area contributed by atoms with Crippen LogP contribution in [0.3, 0.4) is 0 Å². The van der Waals surface area contributed by atoms with E-state index in [4.69, 9.17) is 9.72 Å². The van der Waals surface area contributed by atoms with E-state index in [1.54, 1.807) is 0 Å². The zero-order chi connectivity index (χ0) is 19.1. The van der Waals surface area contributed by atoms with Crippen molar-refractivity contribution in [3.05, 3.63) is 59.8 Å². The third-order valence-electron chi connectivity index (χ3n) is 5.51. The summed E-state index contributed by atoms with van der Waals surface area (Å²) in [6, 6.07) is 16.0. The van der Waals surface area contributed by atoms with Crippen LogP contribution in [0.5, 0.6) is 0 Å². The largest absolute Gasteiger partial charge is 0.365 e. The van der Waals surface area contributed by atoms with Crippen molar-refractivity contribution in [2.75, 3.05) is 36.0 Å². The first-order valence-corrected chi connectivity index (χ1v) is 9.70. The molecular weight excluding hydrogens is 352 g/mol. The smallest absolute Gasteiger partial charge is 0.257 e.